The zero-order chi connectivity index (χ0) is 19.1. The Balaban J connectivity index is 1.66. The fraction of sp³-hybridized carbons (Fsp3) is 0.0952. The molecule has 0 spiro atoms. The largest absolute Gasteiger partial charge is 0.494 e. The van der Waals surface area contributed by atoms with E-state index < -0.39 is 0 Å². The SMILES string of the molecule is CCOc1ccc(C(=O)Nc2cccc(NC(=O)c3cccnc3)c2)cc1. The first kappa shape index (κ1) is 18.1. The van der Waals surface area contributed by atoms with Gasteiger partial charge in [0.05, 0.1) is 12.2 Å². The van der Waals surface area contributed by atoms with Gasteiger partial charge in [-0.25, -0.2) is 0 Å². The van der Waals surface area contributed by atoms with E-state index in [4.69, 9.17) is 4.74 Å². The van der Waals surface area contributed by atoms with Crippen molar-refractivity contribution in [3.05, 3.63) is 84.2 Å². The Morgan fingerprint density at radius 2 is 1.56 bits per heavy atom. The predicted molar refractivity (Wildman–Crippen MR) is 104 cm³/mol. The topological polar surface area (TPSA) is 80.3 Å². The van der Waals surface area contributed by atoms with E-state index >= 15 is 0 Å². The molecule has 136 valence electrons. The Kier molecular flexibility index (Phi) is 5.79. The third kappa shape index (κ3) is 4.92. The number of benzene rings is 2. The number of carbonyl (C=O) groups is 2. The van der Waals surface area contributed by atoms with Gasteiger partial charge < -0.3 is 15.4 Å². The van der Waals surface area contributed by atoms with Crippen LogP contribution in [-0.4, -0.2) is 23.4 Å². The van der Waals surface area contributed by atoms with Crippen LogP contribution in [0.15, 0.2) is 73.1 Å². The lowest BCUT2D eigenvalue weighted by Gasteiger charge is -2.09. The summed E-state index contributed by atoms with van der Waals surface area (Å²) in [6.07, 6.45) is 3.10. The molecule has 0 unspecified atom stereocenters. The standard InChI is InChI=1S/C21H19N3O3/c1-2-27-19-10-8-15(9-11-19)20(25)23-17-6-3-7-18(13-17)24-21(26)16-5-4-12-22-14-16/h3-14H,2H2,1H3,(H,23,25)(H,24,26). The van der Waals surface area contributed by atoms with E-state index in [1.807, 2.05) is 6.92 Å². The molecular weight excluding hydrogens is 342 g/mol. The Morgan fingerprint density at radius 1 is 0.889 bits per heavy atom. The highest BCUT2D eigenvalue weighted by molar-refractivity contribution is 6.06. The van der Waals surface area contributed by atoms with Crippen molar-refractivity contribution < 1.29 is 14.3 Å². The van der Waals surface area contributed by atoms with Crippen LogP contribution in [0.2, 0.25) is 0 Å². The Labute approximate surface area is 157 Å². The summed E-state index contributed by atoms with van der Waals surface area (Å²) in [4.78, 5) is 28.5. The molecule has 0 aliphatic heterocycles. The normalized spacial score (nSPS) is 10.1. The summed E-state index contributed by atoms with van der Waals surface area (Å²) in [5.74, 6) is 0.209. The fourth-order valence-corrected chi connectivity index (χ4v) is 2.45. The Bertz CT molecular complexity index is 925. The van der Waals surface area contributed by atoms with E-state index in [0.717, 1.165) is 0 Å². The highest BCUT2D eigenvalue weighted by Crippen LogP contribution is 2.18. The molecule has 2 amide bonds. The first-order chi connectivity index (χ1) is 13.2. The van der Waals surface area contributed by atoms with Crippen LogP contribution in [0.3, 0.4) is 0 Å². The van der Waals surface area contributed by atoms with Gasteiger partial charge in [0.25, 0.3) is 11.8 Å². The van der Waals surface area contributed by atoms with Crippen LogP contribution < -0.4 is 15.4 Å². The maximum atomic E-state index is 12.4. The number of rotatable bonds is 6. The van der Waals surface area contributed by atoms with Gasteiger partial charge in [0.15, 0.2) is 0 Å². The molecule has 0 atom stereocenters. The van der Waals surface area contributed by atoms with Crippen molar-refractivity contribution in [3.8, 4) is 5.75 Å². The smallest absolute Gasteiger partial charge is 0.257 e. The zero-order valence-corrected chi connectivity index (χ0v) is 14.8. The molecule has 3 aromatic rings. The molecule has 2 aromatic carbocycles. The van der Waals surface area contributed by atoms with Crippen molar-refractivity contribution in [2.45, 2.75) is 6.92 Å². The van der Waals surface area contributed by atoms with E-state index in [1.54, 1.807) is 66.9 Å². The number of carbonyl (C=O) groups excluding carboxylic acids is 2. The first-order valence-electron chi connectivity index (χ1n) is 8.51. The number of hydrogen-bond donors (Lipinski definition) is 2. The minimum absolute atomic E-state index is 0.242. The maximum absolute atomic E-state index is 12.4. The number of anilines is 2. The summed E-state index contributed by atoms with van der Waals surface area (Å²) in [6.45, 7) is 2.48. The molecule has 1 heterocycles. The van der Waals surface area contributed by atoms with Gasteiger partial charge in [0.2, 0.25) is 0 Å². The van der Waals surface area contributed by atoms with E-state index in [0.29, 0.717) is 34.9 Å². The Hall–Kier alpha value is -3.67. The molecule has 6 heteroatoms. The van der Waals surface area contributed by atoms with E-state index in [9.17, 15) is 9.59 Å². The molecule has 0 radical (unpaired) electrons. The number of nitrogens with one attached hydrogen (secondary N) is 2. The highest BCUT2D eigenvalue weighted by atomic mass is 16.5. The lowest BCUT2D eigenvalue weighted by Crippen LogP contribution is -2.14. The molecule has 0 fully saturated rings. The van der Waals surface area contributed by atoms with E-state index in [-0.39, 0.29) is 11.8 Å². The number of nitrogens with zero attached hydrogens (tertiary/aromatic N) is 1. The second kappa shape index (κ2) is 8.62. The molecule has 0 aliphatic carbocycles. The van der Waals surface area contributed by atoms with Gasteiger partial charge in [0.1, 0.15) is 5.75 Å². The minimum atomic E-state index is -0.266. The second-order valence-electron chi connectivity index (χ2n) is 5.69. The van der Waals surface area contributed by atoms with Gasteiger partial charge in [0, 0.05) is 29.3 Å². The summed E-state index contributed by atoms with van der Waals surface area (Å²) in [7, 11) is 0. The maximum Gasteiger partial charge on any atom is 0.257 e. The van der Waals surface area contributed by atoms with Gasteiger partial charge in [-0.2, -0.15) is 0 Å². The first-order valence-corrected chi connectivity index (χ1v) is 8.51. The van der Waals surface area contributed by atoms with Gasteiger partial charge in [-0.1, -0.05) is 6.07 Å². The van der Waals surface area contributed by atoms with Gasteiger partial charge in [-0.15, -0.1) is 0 Å². The van der Waals surface area contributed by atoms with Crippen LogP contribution in [0.1, 0.15) is 27.6 Å². The number of aromatic nitrogens is 1. The van der Waals surface area contributed by atoms with E-state index in [2.05, 4.69) is 15.6 Å². The number of hydrogen-bond acceptors (Lipinski definition) is 4. The summed E-state index contributed by atoms with van der Waals surface area (Å²) in [5.41, 5.74) is 2.13. The molecule has 0 saturated carbocycles. The van der Waals surface area contributed by atoms with Crippen molar-refractivity contribution >= 4 is 23.2 Å². The predicted octanol–water partition coefficient (Wildman–Crippen LogP) is 3.98. The molecule has 0 aliphatic rings. The zero-order valence-electron chi connectivity index (χ0n) is 14.8. The molecule has 3 rings (SSSR count). The average molecular weight is 361 g/mol. The molecule has 1 aromatic heterocycles. The monoisotopic (exact) mass is 361 g/mol. The quantitative estimate of drug-likeness (QED) is 0.696. The summed E-state index contributed by atoms with van der Waals surface area (Å²) in [5, 5.41) is 5.61. The summed E-state index contributed by atoms with van der Waals surface area (Å²) in [6, 6.07) is 17.2. The number of ether oxygens (including phenoxy) is 1. The molecule has 6 nitrogen and oxygen atoms in total. The third-order valence-corrected chi connectivity index (χ3v) is 3.73. The van der Waals surface area contributed by atoms with Gasteiger partial charge in [-0.05, 0) is 61.5 Å². The average Bonchev–Trinajstić information content (AvgIpc) is 2.70. The lowest BCUT2D eigenvalue weighted by atomic mass is 10.2. The van der Waals surface area contributed by atoms with Crippen molar-refractivity contribution in [1.29, 1.82) is 0 Å². The van der Waals surface area contributed by atoms with Crippen molar-refractivity contribution in [2.24, 2.45) is 0 Å². The number of amides is 2. The summed E-state index contributed by atoms with van der Waals surface area (Å²) < 4.78 is 5.37. The van der Waals surface area contributed by atoms with Crippen LogP contribution in [0.25, 0.3) is 0 Å². The molecule has 0 bridgehead atoms. The van der Waals surface area contributed by atoms with Gasteiger partial charge in [-0.3, -0.25) is 14.6 Å². The fourth-order valence-electron chi connectivity index (χ4n) is 2.45. The van der Waals surface area contributed by atoms with Crippen LogP contribution in [0, 0.1) is 0 Å². The van der Waals surface area contributed by atoms with Crippen molar-refractivity contribution in [2.75, 3.05) is 17.2 Å². The van der Waals surface area contributed by atoms with Crippen molar-refractivity contribution in [3.63, 3.8) is 0 Å². The van der Waals surface area contributed by atoms with Crippen LogP contribution >= 0.6 is 0 Å². The van der Waals surface area contributed by atoms with Crippen molar-refractivity contribution in [1.82, 2.24) is 4.98 Å². The minimum Gasteiger partial charge on any atom is -0.494 e. The van der Waals surface area contributed by atoms with Crippen LogP contribution in [-0.2, 0) is 0 Å². The highest BCUT2D eigenvalue weighted by Gasteiger charge is 2.09. The molecule has 2 N–H and O–H groups in total. The number of pyridine rings is 1. The van der Waals surface area contributed by atoms with Crippen LogP contribution in [0.4, 0.5) is 11.4 Å². The molecule has 27 heavy (non-hydrogen) atoms. The molecule has 0 saturated heterocycles. The second-order valence-corrected chi connectivity index (χ2v) is 5.69. The summed E-state index contributed by atoms with van der Waals surface area (Å²) >= 11 is 0. The Morgan fingerprint density at radius 3 is 2.15 bits per heavy atom. The molecular formula is C21H19N3O3. The third-order valence-electron chi connectivity index (χ3n) is 3.73. The van der Waals surface area contributed by atoms with E-state index in [1.165, 1.54) is 6.20 Å². The van der Waals surface area contributed by atoms with Gasteiger partial charge >= 0.3 is 0 Å². The lowest BCUT2D eigenvalue weighted by molar-refractivity contribution is 0.101. The van der Waals surface area contributed by atoms with Crippen LogP contribution in [0.5, 0.6) is 5.75 Å².